The molecule has 10 heteroatoms. The fraction of sp³-hybridized carbons (Fsp3) is 0.500. The highest BCUT2D eigenvalue weighted by molar-refractivity contribution is 5.86. The Morgan fingerprint density at radius 3 is 1.26 bits per heavy atom. The van der Waals surface area contributed by atoms with Crippen LogP contribution < -0.4 is 21.3 Å². The van der Waals surface area contributed by atoms with Gasteiger partial charge in [-0.3, -0.25) is 9.59 Å². The molecular formula is C32H46N4O6. The van der Waals surface area contributed by atoms with Gasteiger partial charge in [0.05, 0.1) is 0 Å². The third kappa shape index (κ3) is 13.5. The maximum absolute atomic E-state index is 12.6. The summed E-state index contributed by atoms with van der Waals surface area (Å²) in [6.07, 6.45) is 2.01. The van der Waals surface area contributed by atoms with Crippen molar-refractivity contribution in [3.63, 3.8) is 0 Å². The summed E-state index contributed by atoms with van der Waals surface area (Å²) in [6.45, 7) is 8.70. The maximum atomic E-state index is 12.6. The lowest BCUT2D eigenvalue weighted by atomic mass is 10.0. The molecule has 0 aliphatic rings. The lowest BCUT2D eigenvalue weighted by molar-refractivity contribution is -0.124. The highest BCUT2D eigenvalue weighted by Gasteiger charge is 2.25. The molecule has 42 heavy (non-hydrogen) atoms. The number of hydrogen-bond acceptors (Lipinski definition) is 6. The molecule has 4 amide bonds. The fourth-order valence-electron chi connectivity index (χ4n) is 4.10. The zero-order chi connectivity index (χ0) is 30.7. The Balaban J connectivity index is 1.59. The highest BCUT2D eigenvalue weighted by atomic mass is 16.6. The van der Waals surface area contributed by atoms with Crippen LogP contribution in [0.1, 0.15) is 64.5 Å². The zero-order valence-electron chi connectivity index (χ0n) is 25.2. The van der Waals surface area contributed by atoms with E-state index in [1.165, 1.54) is 0 Å². The van der Waals surface area contributed by atoms with Gasteiger partial charge in [-0.05, 0) is 35.8 Å². The van der Waals surface area contributed by atoms with Crippen molar-refractivity contribution >= 4 is 24.0 Å². The van der Waals surface area contributed by atoms with Crippen molar-refractivity contribution in [2.45, 2.75) is 78.7 Å². The second-order valence-corrected chi connectivity index (χ2v) is 10.9. The van der Waals surface area contributed by atoms with Crippen molar-refractivity contribution in [3.05, 3.63) is 71.8 Å². The SMILES string of the molecule is CC(C)[C@H](NC(=O)OCc1ccccc1)C(=O)NCCCCCCNC(=O)[C@@H](NC(=O)OCc1ccccc1)C(C)C. The molecule has 0 radical (unpaired) electrons. The number of benzene rings is 2. The monoisotopic (exact) mass is 582 g/mol. The van der Waals surface area contributed by atoms with Crippen LogP contribution in [0.15, 0.2) is 60.7 Å². The Bertz CT molecular complexity index is 1010. The first-order chi connectivity index (χ1) is 20.2. The molecular weight excluding hydrogens is 536 g/mol. The van der Waals surface area contributed by atoms with E-state index in [0.717, 1.165) is 36.8 Å². The van der Waals surface area contributed by atoms with Crippen molar-refractivity contribution in [1.82, 2.24) is 21.3 Å². The van der Waals surface area contributed by atoms with Gasteiger partial charge in [-0.1, -0.05) is 101 Å². The Labute approximate surface area is 249 Å². The standard InChI is InChI=1S/C32H46N4O6/c1-23(2)27(35-31(39)41-21-25-15-9-7-10-16-25)29(37)33-19-13-5-6-14-20-34-30(38)28(24(3)4)36-32(40)42-22-26-17-11-8-12-18-26/h7-12,15-18,23-24,27-28H,5-6,13-14,19-22H2,1-4H3,(H,33,37)(H,34,38)(H,35,39)(H,36,40)/t27-,28-/m0/s1. The topological polar surface area (TPSA) is 135 Å². The van der Waals surface area contributed by atoms with E-state index in [9.17, 15) is 19.2 Å². The van der Waals surface area contributed by atoms with E-state index in [4.69, 9.17) is 9.47 Å². The third-order valence-electron chi connectivity index (χ3n) is 6.57. The molecule has 2 aromatic carbocycles. The number of amides is 4. The molecule has 4 N–H and O–H groups in total. The highest BCUT2D eigenvalue weighted by Crippen LogP contribution is 2.07. The lowest BCUT2D eigenvalue weighted by Crippen LogP contribution is -2.50. The molecule has 230 valence electrons. The second-order valence-electron chi connectivity index (χ2n) is 10.9. The molecule has 0 unspecified atom stereocenters. The second kappa shape index (κ2) is 19.1. The van der Waals surface area contributed by atoms with Crippen molar-refractivity contribution in [1.29, 1.82) is 0 Å². The van der Waals surface area contributed by atoms with Gasteiger partial charge in [-0.15, -0.1) is 0 Å². The summed E-state index contributed by atoms with van der Waals surface area (Å²) in [4.78, 5) is 49.7. The van der Waals surface area contributed by atoms with Crippen LogP contribution in [0.4, 0.5) is 9.59 Å². The van der Waals surface area contributed by atoms with Crippen LogP contribution in [0.25, 0.3) is 0 Å². The van der Waals surface area contributed by atoms with Crippen molar-refractivity contribution in [2.24, 2.45) is 11.8 Å². The predicted molar refractivity (Wildman–Crippen MR) is 161 cm³/mol. The molecule has 0 aliphatic heterocycles. The molecule has 2 rings (SSSR count). The normalized spacial score (nSPS) is 12.2. The van der Waals surface area contributed by atoms with E-state index < -0.39 is 24.3 Å². The summed E-state index contributed by atoms with van der Waals surface area (Å²) in [5.41, 5.74) is 1.74. The summed E-state index contributed by atoms with van der Waals surface area (Å²) in [7, 11) is 0. The molecule has 0 heterocycles. The van der Waals surface area contributed by atoms with Crippen LogP contribution in [0, 0.1) is 11.8 Å². The van der Waals surface area contributed by atoms with E-state index in [1.54, 1.807) is 0 Å². The number of hydrogen-bond donors (Lipinski definition) is 4. The van der Waals surface area contributed by atoms with Gasteiger partial charge in [0.15, 0.2) is 0 Å². The van der Waals surface area contributed by atoms with Gasteiger partial charge in [0.25, 0.3) is 0 Å². The average Bonchev–Trinajstić information content (AvgIpc) is 2.98. The first-order valence-electron chi connectivity index (χ1n) is 14.7. The van der Waals surface area contributed by atoms with E-state index in [0.29, 0.717) is 13.1 Å². The summed E-state index contributed by atoms with van der Waals surface area (Å²) in [6, 6.07) is 17.3. The van der Waals surface area contributed by atoms with Crippen LogP contribution >= 0.6 is 0 Å². The van der Waals surface area contributed by atoms with Gasteiger partial charge in [0.1, 0.15) is 25.3 Å². The van der Waals surface area contributed by atoms with Crippen LogP contribution in [0.3, 0.4) is 0 Å². The zero-order valence-corrected chi connectivity index (χ0v) is 25.2. The fourth-order valence-corrected chi connectivity index (χ4v) is 4.10. The Morgan fingerprint density at radius 2 is 0.929 bits per heavy atom. The quantitative estimate of drug-likeness (QED) is 0.200. The maximum Gasteiger partial charge on any atom is 0.408 e. The summed E-state index contributed by atoms with van der Waals surface area (Å²) >= 11 is 0. The minimum absolute atomic E-state index is 0.104. The Kier molecular flexibility index (Phi) is 15.5. The van der Waals surface area contributed by atoms with Crippen molar-refractivity contribution < 1.29 is 28.7 Å². The molecule has 2 aromatic rings. The largest absolute Gasteiger partial charge is 0.445 e. The molecule has 2 atom stereocenters. The van der Waals surface area contributed by atoms with Gasteiger partial charge in [-0.2, -0.15) is 0 Å². The van der Waals surface area contributed by atoms with Crippen LogP contribution in [-0.4, -0.2) is 49.2 Å². The van der Waals surface area contributed by atoms with E-state index in [2.05, 4.69) is 21.3 Å². The lowest BCUT2D eigenvalue weighted by Gasteiger charge is -2.21. The molecule has 0 aliphatic carbocycles. The molecule has 0 fully saturated rings. The first kappa shape index (κ1) is 34.1. The van der Waals surface area contributed by atoms with E-state index in [-0.39, 0.29) is 36.9 Å². The predicted octanol–water partition coefficient (Wildman–Crippen LogP) is 4.68. The summed E-state index contributed by atoms with van der Waals surface area (Å²) < 4.78 is 10.5. The van der Waals surface area contributed by atoms with E-state index >= 15 is 0 Å². The molecule has 10 nitrogen and oxygen atoms in total. The van der Waals surface area contributed by atoms with Gasteiger partial charge < -0.3 is 30.7 Å². The van der Waals surface area contributed by atoms with Gasteiger partial charge in [0, 0.05) is 13.1 Å². The number of carbonyl (C=O) groups is 4. The molecule has 0 saturated heterocycles. The van der Waals surface area contributed by atoms with Gasteiger partial charge in [-0.25, -0.2) is 9.59 Å². The Morgan fingerprint density at radius 1 is 0.571 bits per heavy atom. The van der Waals surface area contributed by atoms with Gasteiger partial charge >= 0.3 is 12.2 Å². The van der Waals surface area contributed by atoms with Crippen molar-refractivity contribution in [3.8, 4) is 0 Å². The van der Waals surface area contributed by atoms with Crippen molar-refractivity contribution in [2.75, 3.05) is 13.1 Å². The minimum Gasteiger partial charge on any atom is -0.445 e. The molecule has 0 aromatic heterocycles. The Hall–Kier alpha value is -4.08. The molecule has 0 spiro atoms. The number of unbranched alkanes of at least 4 members (excludes halogenated alkanes) is 3. The third-order valence-corrected chi connectivity index (χ3v) is 6.57. The van der Waals surface area contributed by atoms with Crippen LogP contribution in [0.2, 0.25) is 0 Å². The minimum atomic E-state index is -0.693. The number of ether oxygens (including phenoxy) is 2. The summed E-state index contributed by atoms with van der Waals surface area (Å²) in [5, 5.41) is 11.1. The number of nitrogens with one attached hydrogen (secondary N) is 4. The van der Waals surface area contributed by atoms with E-state index in [1.807, 2.05) is 88.4 Å². The van der Waals surface area contributed by atoms with Crippen LogP contribution in [0.5, 0.6) is 0 Å². The van der Waals surface area contributed by atoms with Crippen LogP contribution in [-0.2, 0) is 32.3 Å². The first-order valence-corrected chi connectivity index (χ1v) is 14.7. The smallest absolute Gasteiger partial charge is 0.408 e. The summed E-state index contributed by atoms with van der Waals surface area (Å²) in [5.74, 6) is -0.701. The van der Waals surface area contributed by atoms with Gasteiger partial charge in [0.2, 0.25) is 11.8 Å². The average molecular weight is 583 g/mol. The molecule has 0 bridgehead atoms. The number of alkyl carbamates (subject to hydrolysis) is 2. The number of rotatable bonds is 17. The molecule has 0 saturated carbocycles. The number of carbonyl (C=O) groups excluding carboxylic acids is 4.